The molecule has 3 rings (SSSR count). The Kier molecular flexibility index (Phi) is 5.15. The van der Waals surface area contributed by atoms with Gasteiger partial charge in [0.05, 0.1) is 11.7 Å². The smallest absolute Gasteiger partial charge is 0.251 e. The van der Waals surface area contributed by atoms with Crippen LogP contribution >= 0.6 is 0 Å². The van der Waals surface area contributed by atoms with E-state index in [-0.39, 0.29) is 11.9 Å². The van der Waals surface area contributed by atoms with E-state index in [2.05, 4.69) is 37.9 Å². The average Bonchev–Trinajstić information content (AvgIpc) is 3.17. The molecule has 1 unspecified atom stereocenters. The Balaban J connectivity index is 1.71. The van der Waals surface area contributed by atoms with Crippen molar-refractivity contribution in [3.05, 3.63) is 72.1 Å². The first-order valence-corrected chi connectivity index (χ1v) is 7.98. The Hall–Kier alpha value is -3.06. The van der Waals surface area contributed by atoms with Crippen molar-refractivity contribution in [2.24, 2.45) is 0 Å². The lowest BCUT2D eigenvalue weighted by atomic mass is 10.1. The Morgan fingerprint density at radius 3 is 2.64 bits per heavy atom. The van der Waals surface area contributed by atoms with Crippen molar-refractivity contribution in [1.82, 2.24) is 30.4 Å². The molecule has 3 aromatic rings. The average molecular weight is 336 g/mol. The number of nitrogens with one attached hydrogen (secondary N) is 1. The van der Waals surface area contributed by atoms with Crippen molar-refractivity contribution in [2.45, 2.75) is 6.04 Å². The number of tetrazole rings is 1. The van der Waals surface area contributed by atoms with Crippen molar-refractivity contribution < 1.29 is 4.79 Å². The highest BCUT2D eigenvalue weighted by molar-refractivity contribution is 5.94. The van der Waals surface area contributed by atoms with Crippen LogP contribution in [0.4, 0.5) is 0 Å². The number of hydrogen-bond donors (Lipinski definition) is 1. The number of hydrogen-bond acceptors (Lipinski definition) is 5. The van der Waals surface area contributed by atoms with E-state index in [1.165, 1.54) is 11.0 Å². The Bertz CT molecular complexity index is 817. The zero-order valence-electron chi connectivity index (χ0n) is 14.2. The normalized spacial score (nSPS) is 12.1. The van der Waals surface area contributed by atoms with Crippen LogP contribution in [0.15, 0.2) is 60.9 Å². The molecule has 7 heteroatoms. The summed E-state index contributed by atoms with van der Waals surface area (Å²) in [6.45, 7) is 0.519. The van der Waals surface area contributed by atoms with Crippen LogP contribution in [-0.4, -0.2) is 51.7 Å². The minimum absolute atomic E-state index is 0.104. The first-order valence-electron chi connectivity index (χ1n) is 7.98. The molecule has 25 heavy (non-hydrogen) atoms. The zero-order chi connectivity index (χ0) is 17.6. The van der Waals surface area contributed by atoms with E-state index in [0.717, 1.165) is 11.3 Å². The van der Waals surface area contributed by atoms with Crippen molar-refractivity contribution in [2.75, 3.05) is 20.6 Å². The van der Waals surface area contributed by atoms with Gasteiger partial charge in [-0.2, -0.15) is 0 Å². The predicted octanol–water partition coefficient (Wildman–Crippen LogP) is 1.69. The van der Waals surface area contributed by atoms with E-state index >= 15 is 0 Å². The SMILES string of the molecule is CN(C)C(CNC(=O)c1cccc(-n2cnnn2)c1)c1ccccc1. The van der Waals surface area contributed by atoms with Crippen LogP contribution in [0.25, 0.3) is 5.69 Å². The molecule has 0 aliphatic carbocycles. The molecule has 128 valence electrons. The van der Waals surface area contributed by atoms with Gasteiger partial charge in [0, 0.05) is 12.1 Å². The van der Waals surface area contributed by atoms with Gasteiger partial charge in [-0.25, -0.2) is 4.68 Å². The lowest BCUT2D eigenvalue weighted by Gasteiger charge is -2.25. The fraction of sp³-hybridized carbons (Fsp3) is 0.222. The third kappa shape index (κ3) is 4.07. The monoisotopic (exact) mass is 336 g/mol. The van der Waals surface area contributed by atoms with Gasteiger partial charge in [-0.15, -0.1) is 5.10 Å². The van der Waals surface area contributed by atoms with Gasteiger partial charge >= 0.3 is 0 Å². The van der Waals surface area contributed by atoms with Gasteiger partial charge in [0.2, 0.25) is 0 Å². The van der Waals surface area contributed by atoms with Crippen LogP contribution in [0, 0.1) is 0 Å². The molecule has 0 saturated heterocycles. The fourth-order valence-electron chi connectivity index (χ4n) is 2.63. The summed E-state index contributed by atoms with van der Waals surface area (Å²) in [7, 11) is 4.00. The van der Waals surface area contributed by atoms with Crippen molar-refractivity contribution in [1.29, 1.82) is 0 Å². The molecular formula is C18H20N6O. The summed E-state index contributed by atoms with van der Waals surface area (Å²) in [4.78, 5) is 14.6. The Labute approximate surface area is 146 Å². The molecule has 1 amide bonds. The number of carbonyl (C=O) groups is 1. The highest BCUT2D eigenvalue weighted by Crippen LogP contribution is 2.17. The van der Waals surface area contributed by atoms with Crippen LogP contribution in [0.3, 0.4) is 0 Å². The first-order chi connectivity index (χ1) is 12.1. The molecule has 1 N–H and O–H groups in total. The minimum atomic E-state index is -0.127. The summed E-state index contributed by atoms with van der Waals surface area (Å²) in [5.74, 6) is -0.127. The maximum Gasteiger partial charge on any atom is 0.251 e. The second kappa shape index (κ2) is 7.67. The van der Waals surface area contributed by atoms with Crippen LogP contribution in [0.1, 0.15) is 22.0 Å². The molecule has 1 atom stereocenters. The first kappa shape index (κ1) is 16.8. The van der Waals surface area contributed by atoms with Crippen LogP contribution in [-0.2, 0) is 0 Å². The Morgan fingerprint density at radius 2 is 1.96 bits per heavy atom. The van der Waals surface area contributed by atoms with Gasteiger partial charge in [0.25, 0.3) is 5.91 Å². The summed E-state index contributed by atoms with van der Waals surface area (Å²) in [5.41, 5.74) is 2.47. The highest BCUT2D eigenvalue weighted by atomic mass is 16.1. The van der Waals surface area contributed by atoms with E-state index in [0.29, 0.717) is 12.1 Å². The summed E-state index contributed by atoms with van der Waals surface area (Å²) in [6, 6.07) is 17.4. The maximum atomic E-state index is 12.5. The molecule has 2 aromatic carbocycles. The van der Waals surface area contributed by atoms with Gasteiger partial charge in [0.1, 0.15) is 6.33 Å². The van der Waals surface area contributed by atoms with E-state index in [1.54, 1.807) is 12.1 Å². The summed E-state index contributed by atoms with van der Waals surface area (Å²) in [5, 5.41) is 14.1. The molecule has 0 radical (unpaired) electrons. The van der Waals surface area contributed by atoms with Gasteiger partial charge in [-0.3, -0.25) is 4.79 Å². The number of nitrogens with zero attached hydrogens (tertiary/aromatic N) is 5. The van der Waals surface area contributed by atoms with E-state index < -0.39 is 0 Å². The third-order valence-corrected chi connectivity index (χ3v) is 3.99. The lowest BCUT2D eigenvalue weighted by Crippen LogP contribution is -2.34. The van der Waals surface area contributed by atoms with Gasteiger partial charge in [-0.1, -0.05) is 36.4 Å². The standard InChI is InChI=1S/C18H20N6O/c1-23(2)17(14-7-4-3-5-8-14)12-19-18(25)15-9-6-10-16(11-15)24-13-20-21-22-24/h3-11,13,17H,12H2,1-2H3,(H,19,25). The summed E-state index contributed by atoms with van der Waals surface area (Å²) >= 11 is 0. The molecule has 0 aliphatic heterocycles. The van der Waals surface area contributed by atoms with Crippen molar-refractivity contribution >= 4 is 5.91 Å². The summed E-state index contributed by atoms with van der Waals surface area (Å²) < 4.78 is 1.52. The third-order valence-electron chi connectivity index (χ3n) is 3.99. The largest absolute Gasteiger partial charge is 0.350 e. The molecular weight excluding hydrogens is 316 g/mol. The minimum Gasteiger partial charge on any atom is -0.350 e. The van der Waals surface area contributed by atoms with E-state index in [9.17, 15) is 4.79 Å². The fourth-order valence-corrected chi connectivity index (χ4v) is 2.63. The van der Waals surface area contributed by atoms with Gasteiger partial charge < -0.3 is 10.2 Å². The number of benzene rings is 2. The van der Waals surface area contributed by atoms with Gasteiger partial charge in [-0.05, 0) is 48.3 Å². The number of aromatic nitrogens is 4. The quantitative estimate of drug-likeness (QED) is 0.741. The van der Waals surface area contributed by atoms with Crippen LogP contribution in [0.2, 0.25) is 0 Å². The zero-order valence-corrected chi connectivity index (χ0v) is 14.2. The number of amides is 1. The van der Waals surface area contributed by atoms with E-state index in [4.69, 9.17) is 0 Å². The number of carbonyl (C=O) groups excluding carboxylic acids is 1. The predicted molar refractivity (Wildman–Crippen MR) is 94.4 cm³/mol. The highest BCUT2D eigenvalue weighted by Gasteiger charge is 2.16. The van der Waals surface area contributed by atoms with Crippen LogP contribution < -0.4 is 5.32 Å². The maximum absolute atomic E-state index is 12.5. The number of likely N-dealkylation sites (N-methyl/N-ethyl adjacent to an activating group) is 1. The summed E-state index contributed by atoms with van der Waals surface area (Å²) in [6.07, 6.45) is 1.49. The van der Waals surface area contributed by atoms with Crippen molar-refractivity contribution in [3.63, 3.8) is 0 Å². The second-order valence-electron chi connectivity index (χ2n) is 5.90. The molecule has 0 spiro atoms. The lowest BCUT2D eigenvalue weighted by molar-refractivity contribution is 0.0942. The molecule has 1 aromatic heterocycles. The molecule has 7 nitrogen and oxygen atoms in total. The topological polar surface area (TPSA) is 75.9 Å². The Morgan fingerprint density at radius 1 is 1.16 bits per heavy atom. The molecule has 0 aliphatic rings. The molecule has 0 bridgehead atoms. The molecule has 1 heterocycles. The molecule has 0 saturated carbocycles. The number of rotatable bonds is 6. The van der Waals surface area contributed by atoms with Gasteiger partial charge in [0.15, 0.2) is 0 Å². The molecule has 0 fully saturated rings. The van der Waals surface area contributed by atoms with Crippen molar-refractivity contribution in [3.8, 4) is 5.69 Å². The van der Waals surface area contributed by atoms with E-state index in [1.807, 2.05) is 44.4 Å². The van der Waals surface area contributed by atoms with Crippen LogP contribution in [0.5, 0.6) is 0 Å². The second-order valence-corrected chi connectivity index (χ2v) is 5.90.